The Kier molecular flexibility index (Phi) is 3.20. The summed E-state index contributed by atoms with van der Waals surface area (Å²) in [5, 5.41) is 20.3. The molecule has 19 heavy (non-hydrogen) atoms. The first-order chi connectivity index (χ1) is 9.00. The number of benzene rings is 1. The maximum absolute atomic E-state index is 12.2. The number of carboxylic acid groups (broad SMARTS) is 1. The molecule has 1 aromatic carbocycles. The summed E-state index contributed by atoms with van der Waals surface area (Å²) >= 11 is 0. The molecule has 1 aliphatic rings. The summed E-state index contributed by atoms with van der Waals surface area (Å²) in [5.74, 6) is -2.23. The molecule has 1 fully saturated rings. The lowest BCUT2D eigenvalue weighted by atomic mass is 10.1. The van der Waals surface area contributed by atoms with Gasteiger partial charge in [0.15, 0.2) is 0 Å². The molecule has 7 heteroatoms. The third-order valence-electron chi connectivity index (χ3n) is 3.26. The van der Waals surface area contributed by atoms with Crippen LogP contribution in [0.4, 0.5) is 0 Å². The highest BCUT2D eigenvalue weighted by molar-refractivity contribution is 5.97. The summed E-state index contributed by atoms with van der Waals surface area (Å²) in [4.78, 5) is 34.6. The smallest absolute Gasteiger partial charge is 0.405 e. The monoisotopic (exact) mass is 264 g/mol. The van der Waals surface area contributed by atoms with E-state index in [1.54, 1.807) is 18.2 Å². The summed E-state index contributed by atoms with van der Waals surface area (Å²) in [6.45, 7) is 0.0704. The van der Waals surface area contributed by atoms with E-state index in [0.717, 1.165) is 4.90 Å². The summed E-state index contributed by atoms with van der Waals surface area (Å²) in [6, 6.07) is 7.97. The molecule has 0 unspecified atom stereocenters. The number of likely N-dealkylation sites (tertiary alicyclic amines) is 1. The maximum Gasteiger partial charge on any atom is 0.405 e. The van der Waals surface area contributed by atoms with E-state index in [9.17, 15) is 19.7 Å². The summed E-state index contributed by atoms with van der Waals surface area (Å²) in [7, 11) is 0. The minimum Gasteiger partial charge on any atom is -0.474 e. The second-order valence-corrected chi connectivity index (χ2v) is 4.31. The van der Waals surface area contributed by atoms with Crippen LogP contribution in [0.5, 0.6) is 0 Å². The molecule has 1 saturated heterocycles. The fraction of sp³-hybridized carbons (Fsp3) is 0.333. The van der Waals surface area contributed by atoms with Gasteiger partial charge in [-0.25, -0.2) is 4.79 Å². The van der Waals surface area contributed by atoms with Crippen molar-refractivity contribution in [1.82, 2.24) is 4.90 Å². The SMILES string of the molecule is O=C(c1ccccc1)N1CCC[C@]1(C(=O)O)[N+](=O)[O-]. The van der Waals surface area contributed by atoms with Crippen molar-refractivity contribution in [3.63, 3.8) is 0 Å². The molecule has 1 N–H and O–H groups in total. The maximum atomic E-state index is 12.2. The van der Waals surface area contributed by atoms with E-state index in [2.05, 4.69) is 0 Å². The van der Waals surface area contributed by atoms with Crippen molar-refractivity contribution in [2.24, 2.45) is 0 Å². The zero-order valence-electron chi connectivity index (χ0n) is 9.98. The number of hydrogen-bond donors (Lipinski definition) is 1. The number of amides is 1. The number of nitrogens with zero attached hydrogens (tertiary/aromatic N) is 2. The largest absolute Gasteiger partial charge is 0.474 e. The second-order valence-electron chi connectivity index (χ2n) is 4.31. The van der Waals surface area contributed by atoms with E-state index >= 15 is 0 Å². The van der Waals surface area contributed by atoms with Crippen molar-refractivity contribution in [3.05, 3.63) is 46.0 Å². The van der Waals surface area contributed by atoms with Crippen LogP contribution in [0.2, 0.25) is 0 Å². The number of hydrogen-bond acceptors (Lipinski definition) is 4. The molecule has 0 bridgehead atoms. The Bertz CT molecular complexity index is 514. The van der Waals surface area contributed by atoms with Gasteiger partial charge in [0.1, 0.15) is 0 Å². The summed E-state index contributed by atoms with van der Waals surface area (Å²) in [5.41, 5.74) is -2.09. The Morgan fingerprint density at radius 2 is 1.95 bits per heavy atom. The number of carbonyl (C=O) groups excluding carboxylic acids is 1. The predicted octanol–water partition coefficient (Wildman–Crippen LogP) is 0.980. The number of aliphatic carboxylic acids is 1. The van der Waals surface area contributed by atoms with E-state index in [1.165, 1.54) is 12.1 Å². The minimum absolute atomic E-state index is 0.0704. The molecule has 1 amide bonds. The van der Waals surface area contributed by atoms with Crippen LogP contribution >= 0.6 is 0 Å². The molecule has 1 aromatic rings. The van der Waals surface area contributed by atoms with Gasteiger partial charge in [0.2, 0.25) is 0 Å². The van der Waals surface area contributed by atoms with Gasteiger partial charge in [-0.3, -0.25) is 19.8 Å². The Balaban J connectivity index is 2.41. The van der Waals surface area contributed by atoms with Crippen LogP contribution in [0.3, 0.4) is 0 Å². The third-order valence-corrected chi connectivity index (χ3v) is 3.26. The number of carbonyl (C=O) groups is 2. The quantitative estimate of drug-likeness (QED) is 0.647. The Labute approximate surface area is 108 Å². The molecule has 0 aliphatic carbocycles. The minimum atomic E-state index is -2.34. The molecule has 2 rings (SSSR count). The zero-order valence-corrected chi connectivity index (χ0v) is 9.98. The van der Waals surface area contributed by atoms with Crippen molar-refractivity contribution in [2.45, 2.75) is 18.5 Å². The van der Waals surface area contributed by atoms with Gasteiger partial charge in [0.25, 0.3) is 5.91 Å². The fourth-order valence-electron chi connectivity index (χ4n) is 2.30. The molecule has 0 spiro atoms. The van der Waals surface area contributed by atoms with Crippen LogP contribution in [-0.4, -0.2) is 39.0 Å². The molecule has 7 nitrogen and oxygen atoms in total. The molecule has 100 valence electrons. The van der Waals surface area contributed by atoms with Crippen molar-refractivity contribution >= 4 is 11.9 Å². The molecule has 0 saturated carbocycles. The highest BCUT2D eigenvalue weighted by Gasteiger charge is 2.61. The van der Waals surface area contributed by atoms with Crippen molar-refractivity contribution in [2.75, 3.05) is 6.54 Å². The number of rotatable bonds is 3. The molecule has 1 aliphatic heterocycles. The highest BCUT2D eigenvalue weighted by Crippen LogP contribution is 2.31. The molecular weight excluding hydrogens is 252 g/mol. The first-order valence-corrected chi connectivity index (χ1v) is 5.75. The van der Waals surface area contributed by atoms with Gasteiger partial charge in [-0.05, 0) is 18.6 Å². The fourth-order valence-corrected chi connectivity index (χ4v) is 2.30. The lowest BCUT2D eigenvalue weighted by Gasteiger charge is -2.26. The van der Waals surface area contributed by atoms with Crippen molar-refractivity contribution in [3.8, 4) is 0 Å². The first kappa shape index (κ1) is 13.0. The van der Waals surface area contributed by atoms with E-state index in [0.29, 0.717) is 6.42 Å². The lowest BCUT2D eigenvalue weighted by Crippen LogP contribution is -2.58. The number of nitro groups is 1. The molecular formula is C12H12N2O5. The van der Waals surface area contributed by atoms with Gasteiger partial charge in [-0.2, -0.15) is 0 Å². The number of carboxylic acids is 1. The van der Waals surface area contributed by atoms with Crippen LogP contribution in [-0.2, 0) is 4.79 Å². The molecule has 1 heterocycles. The van der Waals surface area contributed by atoms with E-state index in [-0.39, 0.29) is 18.5 Å². The average Bonchev–Trinajstić information content (AvgIpc) is 2.84. The van der Waals surface area contributed by atoms with Crippen LogP contribution in [0.15, 0.2) is 30.3 Å². The Morgan fingerprint density at radius 3 is 2.47 bits per heavy atom. The van der Waals surface area contributed by atoms with Gasteiger partial charge in [0.05, 0.1) is 11.3 Å². The summed E-state index contributed by atoms with van der Waals surface area (Å²) in [6.07, 6.45) is 0.125. The van der Waals surface area contributed by atoms with Gasteiger partial charge in [0, 0.05) is 12.1 Å². The van der Waals surface area contributed by atoms with Crippen LogP contribution in [0, 0.1) is 10.1 Å². The standard InChI is InChI=1S/C12H12N2O5/c15-10(9-5-2-1-3-6-9)13-8-4-7-12(13,11(16)17)14(18)19/h1-3,5-6H,4,7-8H2,(H,16,17)/t12-/m1/s1. The van der Waals surface area contributed by atoms with Gasteiger partial charge < -0.3 is 5.11 Å². The zero-order chi connectivity index (χ0) is 14.0. The van der Waals surface area contributed by atoms with Crippen LogP contribution in [0.1, 0.15) is 23.2 Å². The van der Waals surface area contributed by atoms with E-state index in [4.69, 9.17) is 5.11 Å². The summed E-state index contributed by atoms with van der Waals surface area (Å²) < 4.78 is 0. The average molecular weight is 264 g/mol. The van der Waals surface area contributed by atoms with E-state index < -0.39 is 22.5 Å². The Morgan fingerprint density at radius 1 is 1.32 bits per heavy atom. The molecule has 1 atom stereocenters. The van der Waals surface area contributed by atoms with Gasteiger partial charge in [-0.1, -0.05) is 18.2 Å². The topological polar surface area (TPSA) is 101 Å². The first-order valence-electron chi connectivity index (χ1n) is 5.75. The predicted molar refractivity (Wildman–Crippen MR) is 64.1 cm³/mol. The van der Waals surface area contributed by atoms with Gasteiger partial charge >= 0.3 is 11.6 Å². The molecule has 0 radical (unpaired) electrons. The molecule has 0 aromatic heterocycles. The normalized spacial score (nSPS) is 22.2. The van der Waals surface area contributed by atoms with Crippen molar-refractivity contribution < 1.29 is 19.6 Å². The van der Waals surface area contributed by atoms with Gasteiger partial charge in [-0.15, -0.1) is 0 Å². The van der Waals surface area contributed by atoms with Crippen LogP contribution in [0.25, 0.3) is 0 Å². The highest BCUT2D eigenvalue weighted by atomic mass is 16.6. The Hall–Kier alpha value is -2.44. The van der Waals surface area contributed by atoms with Crippen LogP contribution < -0.4 is 0 Å². The van der Waals surface area contributed by atoms with Crippen molar-refractivity contribution in [1.29, 1.82) is 0 Å². The van der Waals surface area contributed by atoms with E-state index in [1.807, 2.05) is 0 Å². The second kappa shape index (κ2) is 4.68. The third kappa shape index (κ3) is 1.92. The lowest BCUT2D eigenvalue weighted by molar-refractivity contribution is -0.575.